The molecule has 0 aliphatic heterocycles. The number of carbonyl (C=O) groups excluding carboxylic acids is 2. The number of Topliss-reactive ketones (excluding diaryl/α,β-unsaturated/α-hetero) is 1. The zero-order chi connectivity index (χ0) is 9.61. The van der Waals surface area contributed by atoms with Crippen molar-refractivity contribution in [1.29, 1.82) is 0 Å². The molecule has 0 radical (unpaired) electrons. The van der Waals surface area contributed by atoms with Gasteiger partial charge in [-0.25, -0.2) is 0 Å². The van der Waals surface area contributed by atoms with Crippen LogP contribution in [0, 0.1) is 5.41 Å². The molecular formula is C9H17NO2. The van der Waals surface area contributed by atoms with Crippen LogP contribution in [0.5, 0.6) is 0 Å². The molecular weight excluding hydrogens is 154 g/mol. The molecule has 0 aromatic heterocycles. The van der Waals surface area contributed by atoms with Crippen LogP contribution < -0.4 is 5.32 Å². The van der Waals surface area contributed by atoms with E-state index in [1.165, 1.54) is 0 Å². The van der Waals surface area contributed by atoms with Crippen molar-refractivity contribution in [3.8, 4) is 0 Å². The van der Waals surface area contributed by atoms with Gasteiger partial charge in [-0.2, -0.15) is 0 Å². The van der Waals surface area contributed by atoms with Crippen molar-refractivity contribution in [1.82, 2.24) is 5.32 Å². The molecule has 0 aromatic rings. The highest BCUT2D eigenvalue weighted by atomic mass is 16.1. The fourth-order valence-electron chi connectivity index (χ4n) is 1.04. The highest BCUT2D eigenvalue weighted by Gasteiger charge is 2.20. The fourth-order valence-corrected chi connectivity index (χ4v) is 1.04. The van der Waals surface area contributed by atoms with Gasteiger partial charge in [-0.1, -0.05) is 20.8 Å². The molecule has 12 heavy (non-hydrogen) atoms. The van der Waals surface area contributed by atoms with Crippen molar-refractivity contribution in [2.75, 3.05) is 6.54 Å². The molecule has 70 valence electrons. The SMILES string of the molecule is CCC(=O)CC(C)(C)CNC=O. The van der Waals surface area contributed by atoms with Crippen LogP contribution in [-0.4, -0.2) is 18.7 Å². The van der Waals surface area contributed by atoms with Gasteiger partial charge in [0.15, 0.2) is 0 Å². The predicted octanol–water partition coefficient (Wildman–Crippen LogP) is 1.13. The molecule has 0 saturated carbocycles. The molecule has 0 aliphatic rings. The summed E-state index contributed by atoms with van der Waals surface area (Å²) in [4.78, 5) is 21.1. The van der Waals surface area contributed by atoms with E-state index in [-0.39, 0.29) is 11.2 Å². The molecule has 1 amide bonds. The Kier molecular flexibility index (Phi) is 4.55. The van der Waals surface area contributed by atoms with Crippen molar-refractivity contribution >= 4 is 12.2 Å². The Hall–Kier alpha value is -0.860. The first kappa shape index (κ1) is 11.1. The quantitative estimate of drug-likeness (QED) is 0.609. The van der Waals surface area contributed by atoms with Gasteiger partial charge in [-0.15, -0.1) is 0 Å². The summed E-state index contributed by atoms with van der Waals surface area (Å²) in [6, 6.07) is 0. The van der Waals surface area contributed by atoms with E-state index in [1.807, 2.05) is 20.8 Å². The first-order valence-electron chi connectivity index (χ1n) is 4.20. The zero-order valence-corrected chi connectivity index (χ0v) is 8.02. The Balaban J connectivity index is 3.85. The predicted molar refractivity (Wildman–Crippen MR) is 47.8 cm³/mol. The number of hydrogen-bond donors (Lipinski definition) is 1. The average molecular weight is 171 g/mol. The number of ketones is 1. The normalized spacial score (nSPS) is 10.9. The van der Waals surface area contributed by atoms with Crippen LogP contribution in [0.4, 0.5) is 0 Å². The van der Waals surface area contributed by atoms with E-state index in [1.54, 1.807) is 0 Å². The number of amides is 1. The van der Waals surface area contributed by atoms with E-state index in [0.717, 1.165) is 0 Å². The molecule has 0 fully saturated rings. The van der Waals surface area contributed by atoms with Crippen molar-refractivity contribution in [2.45, 2.75) is 33.6 Å². The molecule has 0 spiro atoms. The third kappa shape index (κ3) is 4.88. The molecule has 0 bridgehead atoms. The van der Waals surface area contributed by atoms with Crippen molar-refractivity contribution < 1.29 is 9.59 Å². The van der Waals surface area contributed by atoms with Gasteiger partial charge in [0.2, 0.25) is 6.41 Å². The molecule has 3 nitrogen and oxygen atoms in total. The summed E-state index contributed by atoms with van der Waals surface area (Å²) in [6.07, 6.45) is 1.77. The Labute approximate surface area is 73.5 Å². The molecule has 0 aromatic carbocycles. The minimum atomic E-state index is -0.117. The first-order valence-corrected chi connectivity index (χ1v) is 4.20. The summed E-state index contributed by atoms with van der Waals surface area (Å²) >= 11 is 0. The Bertz CT molecular complexity index is 164. The van der Waals surface area contributed by atoms with Crippen LogP contribution in [-0.2, 0) is 9.59 Å². The second-order valence-electron chi connectivity index (χ2n) is 3.73. The third-order valence-corrected chi connectivity index (χ3v) is 1.73. The van der Waals surface area contributed by atoms with Gasteiger partial charge in [0.25, 0.3) is 0 Å². The molecule has 0 rings (SSSR count). The maximum Gasteiger partial charge on any atom is 0.207 e. The third-order valence-electron chi connectivity index (χ3n) is 1.73. The molecule has 3 heteroatoms. The number of nitrogens with one attached hydrogen (secondary N) is 1. The molecule has 1 N–H and O–H groups in total. The lowest BCUT2D eigenvalue weighted by molar-refractivity contribution is -0.121. The van der Waals surface area contributed by atoms with Gasteiger partial charge in [-0.05, 0) is 5.41 Å². The summed E-state index contributed by atoms with van der Waals surface area (Å²) in [6.45, 7) is 6.35. The van der Waals surface area contributed by atoms with E-state index >= 15 is 0 Å². The molecule has 0 atom stereocenters. The Morgan fingerprint density at radius 1 is 1.50 bits per heavy atom. The van der Waals surface area contributed by atoms with Crippen molar-refractivity contribution in [3.05, 3.63) is 0 Å². The molecule has 0 saturated heterocycles. The standard InChI is InChI=1S/C9H17NO2/c1-4-8(12)5-9(2,3)6-10-7-11/h7H,4-6H2,1-3H3,(H,10,11). The van der Waals surface area contributed by atoms with E-state index in [0.29, 0.717) is 25.8 Å². The van der Waals surface area contributed by atoms with Crippen LogP contribution in [0.25, 0.3) is 0 Å². The van der Waals surface area contributed by atoms with Gasteiger partial charge in [-0.3, -0.25) is 9.59 Å². The van der Waals surface area contributed by atoms with Crippen molar-refractivity contribution in [2.24, 2.45) is 5.41 Å². The second-order valence-corrected chi connectivity index (χ2v) is 3.73. The minimum Gasteiger partial charge on any atom is -0.358 e. The monoisotopic (exact) mass is 171 g/mol. The van der Waals surface area contributed by atoms with Gasteiger partial charge < -0.3 is 5.32 Å². The minimum absolute atomic E-state index is 0.117. The van der Waals surface area contributed by atoms with E-state index < -0.39 is 0 Å². The lowest BCUT2D eigenvalue weighted by Gasteiger charge is -2.22. The maximum atomic E-state index is 11.1. The van der Waals surface area contributed by atoms with E-state index in [4.69, 9.17) is 0 Å². The van der Waals surface area contributed by atoms with Gasteiger partial charge in [0.05, 0.1) is 0 Å². The van der Waals surface area contributed by atoms with Crippen LogP contribution in [0.15, 0.2) is 0 Å². The topological polar surface area (TPSA) is 46.2 Å². The number of carbonyl (C=O) groups is 2. The molecule has 0 unspecified atom stereocenters. The zero-order valence-electron chi connectivity index (χ0n) is 8.02. The second kappa shape index (κ2) is 4.91. The molecule has 0 heterocycles. The van der Waals surface area contributed by atoms with Crippen LogP contribution >= 0.6 is 0 Å². The first-order chi connectivity index (χ1) is 5.52. The maximum absolute atomic E-state index is 11.1. The largest absolute Gasteiger partial charge is 0.358 e. The fraction of sp³-hybridized carbons (Fsp3) is 0.778. The average Bonchev–Trinajstić information content (AvgIpc) is 2.00. The van der Waals surface area contributed by atoms with Crippen LogP contribution in [0.2, 0.25) is 0 Å². The summed E-state index contributed by atoms with van der Waals surface area (Å²) in [5, 5.41) is 2.59. The Morgan fingerprint density at radius 2 is 2.08 bits per heavy atom. The summed E-state index contributed by atoms with van der Waals surface area (Å²) in [5.41, 5.74) is -0.117. The summed E-state index contributed by atoms with van der Waals surface area (Å²) in [7, 11) is 0. The smallest absolute Gasteiger partial charge is 0.207 e. The van der Waals surface area contributed by atoms with Crippen LogP contribution in [0.1, 0.15) is 33.6 Å². The van der Waals surface area contributed by atoms with Gasteiger partial charge in [0.1, 0.15) is 5.78 Å². The lowest BCUT2D eigenvalue weighted by Crippen LogP contribution is -2.30. The van der Waals surface area contributed by atoms with Crippen molar-refractivity contribution in [3.63, 3.8) is 0 Å². The highest BCUT2D eigenvalue weighted by molar-refractivity contribution is 5.78. The lowest BCUT2D eigenvalue weighted by atomic mass is 9.87. The van der Waals surface area contributed by atoms with E-state index in [9.17, 15) is 9.59 Å². The number of hydrogen-bond acceptors (Lipinski definition) is 2. The van der Waals surface area contributed by atoms with E-state index in [2.05, 4.69) is 5.32 Å². The number of rotatable bonds is 6. The summed E-state index contributed by atoms with van der Waals surface area (Å²) < 4.78 is 0. The summed E-state index contributed by atoms with van der Waals surface area (Å²) in [5.74, 6) is 0.243. The van der Waals surface area contributed by atoms with Gasteiger partial charge >= 0.3 is 0 Å². The van der Waals surface area contributed by atoms with Crippen LogP contribution in [0.3, 0.4) is 0 Å². The Morgan fingerprint density at radius 3 is 2.50 bits per heavy atom. The molecule has 0 aliphatic carbocycles. The van der Waals surface area contributed by atoms with Gasteiger partial charge in [0, 0.05) is 19.4 Å². The highest BCUT2D eigenvalue weighted by Crippen LogP contribution is 2.19.